The van der Waals surface area contributed by atoms with E-state index >= 15 is 0 Å². The Hall–Kier alpha value is -2.34. The SMILES string of the molecule is CCCCc1cc(=O)oc2cc(C)cc(OC(C)C(=O)N3CC[C@@]4(O)CCCC[C@H]4C3)c12. The van der Waals surface area contributed by atoms with E-state index in [2.05, 4.69) is 6.92 Å². The topological polar surface area (TPSA) is 80.0 Å². The second-order valence-electron chi connectivity index (χ2n) is 9.67. The zero-order valence-corrected chi connectivity index (χ0v) is 19.5. The van der Waals surface area contributed by atoms with Gasteiger partial charge < -0.3 is 19.2 Å². The normalized spacial score (nSPS) is 24.2. The van der Waals surface area contributed by atoms with Crippen molar-refractivity contribution in [1.29, 1.82) is 0 Å². The lowest BCUT2D eigenvalue weighted by atomic mass is 9.71. The van der Waals surface area contributed by atoms with Gasteiger partial charge in [-0.15, -0.1) is 0 Å². The van der Waals surface area contributed by atoms with Gasteiger partial charge in [-0.25, -0.2) is 4.79 Å². The van der Waals surface area contributed by atoms with Crippen molar-refractivity contribution in [1.82, 2.24) is 4.90 Å². The number of hydrogen-bond donors (Lipinski definition) is 1. The van der Waals surface area contributed by atoms with Crippen LogP contribution in [0.15, 0.2) is 27.4 Å². The fourth-order valence-electron chi connectivity index (χ4n) is 5.40. The Morgan fingerprint density at radius 2 is 2.12 bits per heavy atom. The van der Waals surface area contributed by atoms with Gasteiger partial charge in [0.25, 0.3) is 5.91 Å². The highest BCUT2D eigenvalue weighted by Gasteiger charge is 2.44. The van der Waals surface area contributed by atoms with E-state index in [1.54, 1.807) is 13.0 Å². The van der Waals surface area contributed by atoms with Gasteiger partial charge in [-0.2, -0.15) is 0 Å². The highest BCUT2D eigenvalue weighted by Crippen LogP contribution is 2.40. The van der Waals surface area contributed by atoms with Gasteiger partial charge in [0.05, 0.1) is 11.0 Å². The minimum absolute atomic E-state index is 0.0558. The van der Waals surface area contributed by atoms with Crippen molar-refractivity contribution in [3.63, 3.8) is 0 Å². The average molecular weight is 442 g/mol. The second kappa shape index (κ2) is 9.26. The van der Waals surface area contributed by atoms with Gasteiger partial charge in [-0.3, -0.25) is 4.79 Å². The number of unbranched alkanes of at least 4 members (excludes halogenated alkanes) is 1. The first-order valence-electron chi connectivity index (χ1n) is 12.1. The van der Waals surface area contributed by atoms with E-state index in [4.69, 9.17) is 9.15 Å². The Morgan fingerprint density at radius 3 is 2.91 bits per heavy atom. The molecule has 2 aliphatic rings. The summed E-state index contributed by atoms with van der Waals surface area (Å²) in [4.78, 5) is 27.2. The third-order valence-electron chi connectivity index (χ3n) is 7.22. The maximum atomic E-state index is 13.3. The first kappa shape index (κ1) is 22.8. The number of likely N-dealkylation sites (tertiary alicyclic amines) is 1. The number of carbonyl (C=O) groups excluding carboxylic acids is 1. The van der Waals surface area contributed by atoms with Crippen LogP contribution in [0.5, 0.6) is 5.75 Å². The molecule has 0 bridgehead atoms. The molecule has 1 amide bonds. The van der Waals surface area contributed by atoms with Crippen molar-refractivity contribution in [2.24, 2.45) is 5.92 Å². The van der Waals surface area contributed by atoms with E-state index in [1.165, 1.54) is 0 Å². The predicted octanol–water partition coefficient (Wildman–Crippen LogP) is 4.36. The monoisotopic (exact) mass is 441 g/mol. The lowest BCUT2D eigenvalue weighted by Crippen LogP contribution is -2.56. The number of rotatable bonds is 6. The third kappa shape index (κ3) is 4.56. The van der Waals surface area contributed by atoms with Crippen LogP contribution in [-0.4, -0.2) is 40.7 Å². The minimum atomic E-state index is -0.666. The quantitative estimate of drug-likeness (QED) is 0.674. The van der Waals surface area contributed by atoms with Gasteiger partial charge >= 0.3 is 5.63 Å². The Labute approximate surface area is 189 Å². The van der Waals surface area contributed by atoms with Gasteiger partial charge in [-0.1, -0.05) is 26.2 Å². The smallest absolute Gasteiger partial charge is 0.336 e. The summed E-state index contributed by atoms with van der Waals surface area (Å²) in [5, 5.41) is 11.7. The molecule has 1 aliphatic carbocycles. The average Bonchev–Trinajstić information content (AvgIpc) is 2.75. The second-order valence-corrected chi connectivity index (χ2v) is 9.67. The lowest BCUT2D eigenvalue weighted by Gasteiger charge is -2.47. The third-order valence-corrected chi connectivity index (χ3v) is 7.22. The number of piperidine rings is 1. The number of aliphatic hydroxyl groups is 1. The molecule has 2 aromatic rings. The number of hydrogen-bond acceptors (Lipinski definition) is 5. The summed E-state index contributed by atoms with van der Waals surface area (Å²) < 4.78 is 11.7. The molecule has 1 N–H and O–H groups in total. The summed E-state index contributed by atoms with van der Waals surface area (Å²) in [5.74, 6) is 0.678. The first-order valence-corrected chi connectivity index (χ1v) is 12.1. The molecule has 1 saturated heterocycles. The zero-order chi connectivity index (χ0) is 22.9. The van der Waals surface area contributed by atoms with Crippen LogP contribution in [0.3, 0.4) is 0 Å². The van der Waals surface area contributed by atoms with E-state index in [9.17, 15) is 14.7 Å². The Balaban J connectivity index is 1.57. The van der Waals surface area contributed by atoms with E-state index in [0.717, 1.165) is 61.5 Å². The van der Waals surface area contributed by atoms with Crippen LogP contribution < -0.4 is 10.4 Å². The molecular weight excluding hydrogens is 406 g/mol. The van der Waals surface area contributed by atoms with E-state index in [-0.39, 0.29) is 17.5 Å². The molecule has 1 aliphatic heterocycles. The number of amides is 1. The molecule has 4 rings (SSSR count). The van der Waals surface area contributed by atoms with Crippen LogP contribution in [0.25, 0.3) is 11.0 Å². The molecule has 3 atom stereocenters. The summed E-state index contributed by atoms with van der Waals surface area (Å²) in [6.07, 6.45) is 6.69. The molecule has 174 valence electrons. The number of fused-ring (bicyclic) bond motifs is 2. The maximum absolute atomic E-state index is 13.3. The number of carbonyl (C=O) groups is 1. The predicted molar refractivity (Wildman–Crippen MR) is 124 cm³/mol. The molecule has 6 heteroatoms. The van der Waals surface area contributed by atoms with Crippen molar-refractivity contribution in [2.45, 2.75) is 83.8 Å². The fraction of sp³-hybridized carbons (Fsp3) is 0.615. The van der Waals surface area contributed by atoms with Gasteiger partial charge in [0.1, 0.15) is 11.3 Å². The molecule has 0 radical (unpaired) electrons. The Kier molecular flexibility index (Phi) is 6.61. The van der Waals surface area contributed by atoms with Crippen molar-refractivity contribution in [3.05, 3.63) is 39.7 Å². The largest absolute Gasteiger partial charge is 0.480 e. The molecular formula is C26H35NO5. The summed E-state index contributed by atoms with van der Waals surface area (Å²) in [6, 6.07) is 5.30. The molecule has 6 nitrogen and oxygen atoms in total. The van der Waals surface area contributed by atoms with Crippen molar-refractivity contribution in [3.8, 4) is 5.75 Å². The summed E-state index contributed by atoms with van der Waals surface area (Å²) >= 11 is 0. The molecule has 1 aromatic carbocycles. The molecule has 1 unspecified atom stereocenters. The molecule has 1 aromatic heterocycles. The van der Waals surface area contributed by atoms with E-state index < -0.39 is 11.7 Å². The number of nitrogens with zero attached hydrogens (tertiary/aromatic N) is 1. The highest BCUT2D eigenvalue weighted by atomic mass is 16.5. The Morgan fingerprint density at radius 1 is 1.31 bits per heavy atom. The van der Waals surface area contributed by atoms with Gasteiger partial charge in [-0.05, 0) is 69.2 Å². The number of benzene rings is 1. The molecule has 32 heavy (non-hydrogen) atoms. The summed E-state index contributed by atoms with van der Waals surface area (Å²) in [6.45, 7) is 6.97. The molecule has 1 saturated carbocycles. The first-order chi connectivity index (χ1) is 15.3. The summed E-state index contributed by atoms with van der Waals surface area (Å²) in [5.41, 5.74) is 1.34. The fourth-order valence-corrected chi connectivity index (χ4v) is 5.40. The van der Waals surface area contributed by atoms with Gasteiger partial charge in [0, 0.05) is 25.1 Å². The Bertz CT molecular complexity index is 1040. The van der Waals surface area contributed by atoms with Crippen molar-refractivity contribution >= 4 is 16.9 Å². The molecule has 0 spiro atoms. The van der Waals surface area contributed by atoms with Gasteiger partial charge in [0.2, 0.25) is 0 Å². The van der Waals surface area contributed by atoms with Gasteiger partial charge in [0.15, 0.2) is 6.10 Å². The molecule has 2 heterocycles. The van der Waals surface area contributed by atoms with Crippen molar-refractivity contribution < 1.29 is 19.1 Å². The standard InChI is InChI=1S/C26H35NO5/c1-4-5-8-19-15-23(28)32-22-14-17(2)13-21(24(19)22)31-18(3)25(29)27-12-11-26(30)10-7-6-9-20(26)16-27/h13-15,18,20,30H,4-12,16H2,1-3H3/t18?,20-,26-/m0/s1. The van der Waals surface area contributed by atoms with Crippen LogP contribution in [0, 0.1) is 12.8 Å². The van der Waals surface area contributed by atoms with Crippen LogP contribution >= 0.6 is 0 Å². The highest BCUT2D eigenvalue weighted by molar-refractivity contribution is 5.88. The van der Waals surface area contributed by atoms with Crippen LogP contribution in [0.4, 0.5) is 0 Å². The van der Waals surface area contributed by atoms with Crippen LogP contribution in [0.2, 0.25) is 0 Å². The number of aryl methyl sites for hydroxylation is 2. The van der Waals surface area contributed by atoms with Crippen LogP contribution in [-0.2, 0) is 11.2 Å². The summed E-state index contributed by atoms with van der Waals surface area (Å²) in [7, 11) is 0. The van der Waals surface area contributed by atoms with E-state index in [1.807, 2.05) is 24.0 Å². The molecule has 2 fully saturated rings. The zero-order valence-electron chi connectivity index (χ0n) is 19.5. The maximum Gasteiger partial charge on any atom is 0.336 e. The van der Waals surface area contributed by atoms with Crippen LogP contribution in [0.1, 0.15) is 69.9 Å². The lowest BCUT2D eigenvalue weighted by molar-refractivity contribution is -0.149. The minimum Gasteiger partial charge on any atom is -0.480 e. The van der Waals surface area contributed by atoms with Crippen molar-refractivity contribution in [2.75, 3.05) is 13.1 Å². The number of ether oxygens (including phenoxy) is 1. The van der Waals surface area contributed by atoms with E-state index in [0.29, 0.717) is 30.8 Å².